The van der Waals surface area contributed by atoms with Crippen molar-refractivity contribution < 1.29 is 4.79 Å². The van der Waals surface area contributed by atoms with Crippen LogP contribution < -0.4 is 5.32 Å². The van der Waals surface area contributed by atoms with Crippen molar-refractivity contribution in [1.82, 2.24) is 9.97 Å². The maximum atomic E-state index is 13.4. The zero-order valence-electron chi connectivity index (χ0n) is 19.4. The van der Waals surface area contributed by atoms with Crippen LogP contribution in [0.2, 0.25) is 0 Å². The summed E-state index contributed by atoms with van der Waals surface area (Å²) in [5.74, 6) is -0.188. The second kappa shape index (κ2) is 9.20. The minimum atomic E-state index is -0.188. The number of para-hydroxylation sites is 1. The molecule has 0 saturated carbocycles. The summed E-state index contributed by atoms with van der Waals surface area (Å²) in [6.07, 6.45) is 1.00. The SMILES string of the molecule is CCc1ccc(-c2csc(NC(=O)c3cc(-c4ccc(C)cc4C)nc4ccccc34)n2)cc1. The van der Waals surface area contributed by atoms with Gasteiger partial charge >= 0.3 is 0 Å². The summed E-state index contributed by atoms with van der Waals surface area (Å²) in [4.78, 5) is 22.9. The van der Waals surface area contributed by atoms with Crippen LogP contribution in [0, 0.1) is 13.8 Å². The van der Waals surface area contributed by atoms with E-state index in [9.17, 15) is 4.79 Å². The van der Waals surface area contributed by atoms with Gasteiger partial charge in [-0.15, -0.1) is 11.3 Å². The number of pyridine rings is 1. The quantitative estimate of drug-likeness (QED) is 0.294. The van der Waals surface area contributed by atoms with Crippen molar-refractivity contribution in [2.24, 2.45) is 0 Å². The number of anilines is 1. The molecule has 2 heterocycles. The number of nitrogens with one attached hydrogen (secondary N) is 1. The van der Waals surface area contributed by atoms with Gasteiger partial charge in [0.1, 0.15) is 0 Å². The molecular formula is C29H25N3OS. The molecule has 1 N–H and O–H groups in total. The van der Waals surface area contributed by atoms with Gasteiger partial charge in [-0.05, 0) is 43.5 Å². The summed E-state index contributed by atoms with van der Waals surface area (Å²) in [6, 6.07) is 24.3. The first-order valence-electron chi connectivity index (χ1n) is 11.4. The molecule has 5 rings (SSSR count). The highest BCUT2D eigenvalue weighted by Gasteiger charge is 2.16. The van der Waals surface area contributed by atoms with Gasteiger partial charge in [0.2, 0.25) is 0 Å². The number of rotatable bonds is 5. The van der Waals surface area contributed by atoms with Crippen molar-refractivity contribution in [3.8, 4) is 22.5 Å². The molecule has 3 aromatic carbocycles. The average Bonchev–Trinajstić information content (AvgIpc) is 3.31. The van der Waals surface area contributed by atoms with Crippen molar-refractivity contribution in [2.75, 3.05) is 5.32 Å². The Balaban J connectivity index is 1.49. The third-order valence-corrected chi connectivity index (χ3v) is 6.76. The molecule has 0 atom stereocenters. The van der Waals surface area contributed by atoms with Gasteiger partial charge in [0.25, 0.3) is 5.91 Å². The van der Waals surface area contributed by atoms with E-state index in [-0.39, 0.29) is 5.91 Å². The van der Waals surface area contributed by atoms with Gasteiger partial charge in [0.05, 0.1) is 22.5 Å². The third kappa shape index (κ3) is 4.35. The molecule has 0 fully saturated rings. The number of hydrogen-bond donors (Lipinski definition) is 1. The summed E-state index contributed by atoms with van der Waals surface area (Å²) >= 11 is 1.43. The summed E-state index contributed by atoms with van der Waals surface area (Å²) in [6.45, 7) is 6.28. The van der Waals surface area contributed by atoms with Crippen molar-refractivity contribution in [2.45, 2.75) is 27.2 Å². The van der Waals surface area contributed by atoms with Crippen LogP contribution in [0.1, 0.15) is 34.0 Å². The number of hydrogen-bond acceptors (Lipinski definition) is 4. The topological polar surface area (TPSA) is 54.9 Å². The van der Waals surface area contributed by atoms with E-state index in [2.05, 4.69) is 73.5 Å². The molecule has 0 saturated heterocycles. The van der Waals surface area contributed by atoms with Crippen LogP contribution in [0.3, 0.4) is 0 Å². The van der Waals surface area contributed by atoms with Crippen molar-refractivity contribution >= 4 is 33.3 Å². The molecular weight excluding hydrogens is 438 g/mol. The fourth-order valence-corrected chi connectivity index (χ4v) is 4.86. The molecule has 0 radical (unpaired) electrons. The Morgan fingerprint density at radius 1 is 0.912 bits per heavy atom. The van der Waals surface area contributed by atoms with Crippen LogP contribution in [0.4, 0.5) is 5.13 Å². The van der Waals surface area contributed by atoms with E-state index < -0.39 is 0 Å². The Hall–Kier alpha value is -3.83. The lowest BCUT2D eigenvalue weighted by atomic mass is 9.99. The largest absolute Gasteiger partial charge is 0.298 e. The molecule has 5 heteroatoms. The van der Waals surface area contributed by atoms with Gasteiger partial charge in [-0.3, -0.25) is 10.1 Å². The fourth-order valence-electron chi connectivity index (χ4n) is 4.14. The minimum absolute atomic E-state index is 0.188. The molecule has 0 spiro atoms. The summed E-state index contributed by atoms with van der Waals surface area (Å²) in [5, 5.41) is 6.38. The van der Waals surface area contributed by atoms with Gasteiger partial charge in [0, 0.05) is 21.9 Å². The summed E-state index contributed by atoms with van der Waals surface area (Å²) in [7, 11) is 0. The van der Waals surface area contributed by atoms with Crippen LogP contribution in [0.15, 0.2) is 78.2 Å². The number of benzene rings is 3. The number of amides is 1. The minimum Gasteiger partial charge on any atom is -0.298 e. The van der Waals surface area contributed by atoms with Gasteiger partial charge in [-0.1, -0.05) is 73.2 Å². The highest BCUT2D eigenvalue weighted by molar-refractivity contribution is 7.14. The number of nitrogens with zero attached hydrogens (tertiary/aromatic N) is 2. The molecule has 0 unspecified atom stereocenters. The maximum Gasteiger partial charge on any atom is 0.258 e. The first-order chi connectivity index (χ1) is 16.5. The van der Waals surface area contributed by atoms with E-state index in [0.717, 1.165) is 45.4 Å². The number of fused-ring (bicyclic) bond motifs is 1. The van der Waals surface area contributed by atoms with E-state index in [1.807, 2.05) is 35.7 Å². The normalized spacial score (nSPS) is 11.0. The Morgan fingerprint density at radius 3 is 2.47 bits per heavy atom. The molecule has 0 bridgehead atoms. The Labute approximate surface area is 203 Å². The second-order valence-electron chi connectivity index (χ2n) is 8.43. The highest BCUT2D eigenvalue weighted by atomic mass is 32.1. The van der Waals surface area contributed by atoms with Crippen LogP contribution >= 0.6 is 11.3 Å². The number of carbonyl (C=O) groups excluding carboxylic acids is 1. The first-order valence-corrected chi connectivity index (χ1v) is 12.2. The van der Waals surface area contributed by atoms with E-state index in [1.165, 1.54) is 22.5 Å². The van der Waals surface area contributed by atoms with E-state index >= 15 is 0 Å². The van der Waals surface area contributed by atoms with Crippen molar-refractivity contribution in [3.63, 3.8) is 0 Å². The predicted molar refractivity (Wildman–Crippen MR) is 142 cm³/mol. The molecule has 4 nitrogen and oxygen atoms in total. The zero-order valence-corrected chi connectivity index (χ0v) is 20.2. The van der Waals surface area contributed by atoms with Gasteiger partial charge in [-0.25, -0.2) is 9.97 Å². The highest BCUT2D eigenvalue weighted by Crippen LogP contribution is 2.30. The molecule has 1 amide bonds. The standard InChI is InChI=1S/C29H25N3OS/c1-4-20-10-12-21(13-11-20)27-17-34-29(31-27)32-28(33)24-16-26(22-14-9-18(2)15-19(22)3)30-25-8-6-5-7-23(24)25/h5-17H,4H2,1-3H3,(H,31,32,33). The van der Waals surface area contributed by atoms with Gasteiger partial charge in [0.15, 0.2) is 5.13 Å². The van der Waals surface area contributed by atoms with Crippen LogP contribution in [-0.4, -0.2) is 15.9 Å². The van der Waals surface area contributed by atoms with Crippen LogP contribution in [0.5, 0.6) is 0 Å². The number of aromatic nitrogens is 2. The molecule has 0 aliphatic carbocycles. The zero-order chi connectivity index (χ0) is 23.7. The molecule has 2 aromatic heterocycles. The monoisotopic (exact) mass is 463 g/mol. The van der Waals surface area contributed by atoms with E-state index in [1.54, 1.807) is 0 Å². The molecule has 0 aliphatic rings. The smallest absolute Gasteiger partial charge is 0.258 e. The predicted octanol–water partition coefficient (Wildman–Crippen LogP) is 7.46. The van der Waals surface area contributed by atoms with Gasteiger partial charge in [-0.2, -0.15) is 0 Å². The second-order valence-corrected chi connectivity index (χ2v) is 9.29. The molecule has 168 valence electrons. The lowest BCUT2D eigenvalue weighted by molar-refractivity contribution is 0.102. The first kappa shape index (κ1) is 22.0. The lowest BCUT2D eigenvalue weighted by Gasteiger charge is -2.11. The van der Waals surface area contributed by atoms with Crippen molar-refractivity contribution in [3.05, 3.63) is 100 Å². The Bertz CT molecular complexity index is 1500. The summed E-state index contributed by atoms with van der Waals surface area (Å²) in [5.41, 5.74) is 8.72. The third-order valence-electron chi connectivity index (χ3n) is 6.00. The molecule has 5 aromatic rings. The van der Waals surface area contributed by atoms with Gasteiger partial charge < -0.3 is 0 Å². The summed E-state index contributed by atoms with van der Waals surface area (Å²) < 4.78 is 0. The van der Waals surface area contributed by atoms with Crippen LogP contribution in [-0.2, 0) is 6.42 Å². The van der Waals surface area contributed by atoms with E-state index in [0.29, 0.717) is 10.7 Å². The van der Waals surface area contributed by atoms with E-state index in [4.69, 9.17) is 4.98 Å². The number of carbonyl (C=O) groups is 1. The number of thiazole rings is 1. The lowest BCUT2D eigenvalue weighted by Crippen LogP contribution is -2.13. The Morgan fingerprint density at radius 2 is 1.71 bits per heavy atom. The number of aryl methyl sites for hydroxylation is 3. The molecule has 34 heavy (non-hydrogen) atoms. The fraction of sp³-hybridized carbons (Fsp3) is 0.138. The molecule has 0 aliphatic heterocycles. The van der Waals surface area contributed by atoms with Crippen molar-refractivity contribution in [1.29, 1.82) is 0 Å². The maximum absolute atomic E-state index is 13.4. The average molecular weight is 464 g/mol. The van der Waals surface area contributed by atoms with Crippen LogP contribution in [0.25, 0.3) is 33.4 Å². The Kier molecular flexibility index (Phi) is 5.95.